The maximum Gasteiger partial charge on any atom is 0.248 e. The maximum atomic E-state index is 12.1. The van der Waals surface area contributed by atoms with Crippen molar-refractivity contribution in [2.45, 2.75) is 12.5 Å². The molecule has 23 heavy (non-hydrogen) atoms. The molecule has 2 aromatic rings. The van der Waals surface area contributed by atoms with Gasteiger partial charge >= 0.3 is 0 Å². The summed E-state index contributed by atoms with van der Waals surface area (Å²) in [7, 11) is 1.68. The lowest BCUT2D eigenvalue weighted by molar-refractivity contribution is -0.136. The third-order valence-electron chi connectivity index (χ3n) is 3.56. The van der Waals surface area contributed by atoms with Crippen molar-refractivity contribution in [2.24, 2.45) is 0 Å². The summed E-state index contributed by atoms with van der Waals surface area (Å²) in [5.74, 6) is -0.128. The highest BCUT2D eigenvalue weighted by atomic mass is 16.5. The first-order chi connectivity index (χ1) is 11.2. The first-order valence-corrected chi connectivity index (χ1v) is 7.54. The van der Waals surface area contributed by atoms with Crippen LogP contribution in [0.5, 0.6) is 0 Å². The summed E-state index contributed by atoms with van der Waals surface area (Å²) in [4.78, 5) is 13.6. The SMILES string of the molecule is CN(CCC#N)C(=O)COC(c1ccccc1)c1ccccc1. The van der Waals surface area contributed by atoms with Gasteiger partial charge in [0.2, 0.25) is 5.91 Å². The molecule has 118 valence electrons. The van der Waals surface area contributed by atoms with Crippen LogP contribution in [0.4, 0.5) is 0 Å². The number of ether oxygens (including phenoxy) is 1. The first-order valence-electron chi connectivity index (χ1n) is 7.54. The second-order valence-electron chi connectivity index (χ2n) is 5.24. The zero-order valence-electron chi connectivity index (χ0n) is 13.2. The fourth-order valence-electron chi connectivity index (χ4n) is 2.25. The zero-order chi connectivity index (χ0) is 16.5. The molecule has 0 saturated carbocycles. The normalized spacial score (nSPS) is 10.3. The van der Waals surface area contributed by atoms with E-state index in [0.29, 0.717) is 13.0 Å². The van der Waals surface area contributed by atoms with E-state index in [1.54, 1.807) is 7.05 Å². The molecule has 0 aliphatic heterocycles. The average Bonchev–Trinajstić information content (AvgIpc) is 2.61. The molecular weight excluding hydrogens is 288 g/mol. The van der Waals surface area contributed by atoms with Crippen molar-refractivity contribution in [3.63, 3.8) is 0 Å². The van der Waals surface area contributed by atoms with Gasteiger partial charge in [-0.15, -0.1) is 0 Å². The Balaban J connectivity index is 2.08. The predicted molar refractivity (Wildman–Crippen MR) is 88.5 cm³/mol. The van der Waals surface area contributed by atoms with Crippen molar-refractivity contribution in [2.75, 3.05) is 20.2 Å². The molecule has 1 amide bonds. The van der Waals surface area contributed by atoms with Crippen molar-refractivity contribution in [1.82, 2.24) is 4.90 Å². The number of likely N-dealkylation sites (N-methyl/N-ethyl adjacent to an activating group) is 1. The van der Waals surface area contributed by atoms with E-state index < -0.39 is 0 Å². The molecule has 0 bridgehead atoms. The maximum absolute atomic E-state index is 12.1. The van der Waals surface area contributed by atoms with E-state index in [1.807, 2.05) is 66.7 Å². The Hall–Kier alpha value is -2.64. The van der Waals surface area contributed by atoms with Crippen LogP contribution in [-0.2, 0) is 9.53 Å². The van der Waals surface area contributed by atoms with Crippen LogP contribution >= 0.6 is 0 Å². The summed E-state index contributed by atoms with van der Waals surface area (Å²) >= 11 is 0. The standard InChI is InChI=1S/C19H20N2O2/c1-21(14-8-13-20)18(22)15-23-19(16-9-4-2-5-10-16)17-11-6-3-7-12-17/h2-7,9-12,19H,8,14-15H2,1H3. The molecular formula is C19H20N2O2. The Labute approximate surface area is 136 Å². The molecule has 0 aliphatic rings. The number of carbonyl (C=O) groups excluding carboxylic acids is 1. The molecule has 0 saturated heterocycles. The van der Waals surface area contributed by atoms with Crippen molar-refractivity contribution >= 4 is 5.91 Å². The first kappa shape index (κ1) is 16.7. The lowest BCUT2D eigenvalue weighted by atomic mass is 10.0. The Morgan fingerprint density at radius 2 is 1.61 bits per heavy atom. The summed E-state index contributed by atoms with van der Waals surface area (Å²) in [6, 6.07) is 21.7. The second kappa shape index (κ2) is 8.72. The van der Waals surface area contributed by atoms with Crippen molar-refractivity contribution in [3.05, 3.63) is 71.8 Å². The fraction of sp³-hybridized carbons (Fsp3) is 0.263. The summed E-state index contributed by atoms with van der Waals surface area (Å²) in [5.41, 5.74) is 2.01. The van der Waals surface area contributed by atoms with E-state index in [4.69, 9.17) is 10.00 Å². The highest BCUT2D eigenvalue weighted by Crippen LogP contribution is 2.25. The van der Waals surface area contributed by atoms with Crippen molar-refractivity contribution in [1.29, 1.82) is 5.26 Å². The smallest absolute Gasteiger partial charge is 0.248 e. The molecule has 0 heterocycles. The van der Waals surface area contributed by atoms with Crippen LogP contribution in [0.25, 0.3) is 0 Å². The summed E-state index contributed by atoms with van der Waals surface area (Å²) in [5, 5.41) is 8.59. The van der Waals surface area contributed by atoms with Gasteiger partial charge in [0, 0.05) is 13.6 Å². The van der Waals surface area contributed by atoms with Gasteiger partial charge in [-0.1, -0.05) is 60.7 Å². The third kappa shape index (κ3) is 4.94. The lowest BCUT2D eigenvalue weighted by Crippen LogP contribution is -2.31. The van der Waals surface area contributed by atoms with Gasteiger partial charge in [0.1, 0.15) is 12.7 Å². The molecule has 0 fully saturated rings. The van der Waals surface area contributed by atoms with E-state index in [2.05, 4.69) is 0 Å². The van der Waals surface area contributed by atoms with Gasteiger partial charge in [-0.05, 0) is 11.1 Å². The van der Waals surface area contributed by atoms with Gasteiger partial charge in [0.25, 0.3) is 0 Å². The molecule has 0 N–H and O–H groups in total. The highest BCUT2D eigenvalue weighted by Gasteiger charge is 2.17. The number of hydrogen-bond donors (Lipinski definition) is 0. The van der Waals surface area contributed by atoms with E-state index >= 15 is 0 Å². The Morgan fingerprint density at radius 3 is 2.09 bits per heavy atom. The van der Waals surface area contributed by atoms with Crippen LogP contribution in [-0.4, -0.2) is 31.0 Å². The number of rotatable bonds is 7. The minimum absolute atomic E-state index is 0.0175. The summed E-state index contributed by atoms with van der Waals surface area (Å²) < 4.78 is 5.90. The molecule has 0 unspecified atom stereocenters. The topological polar surface area (TPSA) is 53.3 Å². The molecule has 4 nitrogen and oxygen atoms in total. The van der Waals surface area contributed by atoms with E-state index in [1.165, 1.54) is 4.90 Å². The van der Waals surface area contributed by atoms with Gasteiger partial charge in [0.05, 0.1) is 12.5 Å². The van der Waals surface area contributed by atoms with E-state index in [9.17, 15) is 4.79 Å². The van der Waals surface area contributed by atoms with Crippen molar-refractivity contribution < 1.29 is 9.53 Å². The molecule has 2 aromatic carbocycles. The number of nitriles is 1. The highest BCUT2D eigenvalue weighted by molar-refractivity contribution is 5.77. The van der Waals surface area contributed by atoms with Crippen molar-refractivity contribution in [3.8, 4) is 6.07 Å². The van der Waals surface area contributed by atoms with Gasteiger partial charge in [-0.25, -0.2) is 0 Å². The second-order valence-corrected chi connectivity index (χ2v) is 5.24. The minimum Gasteiger partial charge on any atom is -0.359 e. The van der Waals surface area contributed by atoms with Gasteiger partial charge < -0.3 is 9.64 Å². The molecule has 0 atom stereocenters. The Kier molecular flexibility index (Phi) is 6.34. The summed E-state index contributed by atoms with van der Waals surface area (Å²) in [6.45, 7) is 0.399. The number of amides is 1. The van der Waals surface area contributed by atoms with Crippen LogP contribution in [0.1, 0.15) is 23.7 Å². The predicted octanol–water partition coefficient (Wildman–Crippen LogP) is 3.16. The van der Waals surface area contributed by atoms with E-state index in [-0.39, 0.29) is 18.6 Å². The molecule has 4 heteroatoms. The quantitative estimate of drug-likeness (QED) is 0.789. The Morgan fingerprint density at radius 1 is 1.09 bits per heavy atom. The van der Waals surface area contributed by atoms with Crippen LogP contribution in [0.3, 0.4) is 0 Å². The minimum atomic E-state index is -0.286. The van der Waals surface area contributed by atoms with Crippen LogP contribution in [0.15, 0.2) is 60.7 Å². The fourth-order valence-corrected chi connectivity index (χ4v) is 2.25. The number of benzene rings is 2. The molecule has 2 rings (SSSR count). The number of carbonyl (C=O) groups is 1. The average molecular weight is 308 g/mol. The third-order valence-corrected chi connectivity index (χ3v) is 3.56. The van der Waals surface area contributed by atoms with E-state index in [0.717, 1.165) is 11.1 Å². The van der Waals surface area contributed by atoms with Crippen LogP contribution < -0.4 is 0 Å². The molecule has 0 aromatic heterocycles. The lowest BCUT2D eigenvalue weighted by Gasteiger charge is -2.21. The molecule has 0 spiro atoms. The summed E-state index contributed by atoms with van der Waals surface area (Å²) in [6.07, 6.45) is 0.0361. The monoisotopic (exact) mass is 308 g/mol. The Bertz CT molecular complexity index is 611. The number of nitrogens with zero attached hydrogens (tertiary/aromatic N) is 2. The van der Waals surface area contributed by atoms with Crippen LogP contribution in [0.2, 0.25) is 0 Å². The molecule has 0 radical (unpaired) electrons. The number of hydrogen-bond acceptors (Lipinski definition) is 3. The zero-order valence-corrected chi connectivity index (χ0v) is 13.2. The van der Waals surface area contributed by atoms with Gasteiger partial charge in [0.15, 0.2) is 0 Å². The van der Waals surface area contributed by atoms with Crippen LogP contribution in [0, 0.1) is 11.3 Å². The molecule has 0 aliphatic carbocycles. The largest absolute Gasteiger partial charge is 0.359 e. The van der Waals surface area contributed by atoms with Gasteiger partial charge in [-0.3, -0.25) is 4.79 Å². The van der Waals surface area contributed by atoms with Gasteiger partial charge in [-0.2, -0.15) is 5.26 Å².